The third kappa shape index (κ3) is 1.59. The van der Waals surface area contributed by atoms with Crippen molar-refractivity contribution in [2.75, 3.05) is 7.11 Å². The summed E-state index contributed by atoms with van der Waals surface area (Å²) < 4.78 is 10.2. The van der Waals surface area contributed by atoms with Crippen LogP contribution in [0.3, 0.4) is 0 Å². The van der Waals surface area contributed by atoms with Gasteiger partial charge in [-0.1, -0.05) is 0 Å². The van der Waals surface area contributed by atoms with Crippen molar-refractivity contribution >= 4 is 15.9 Å². The second-order valence-corrected chi connectivity index (χ2v) is 2.51. The summed E-state index contributed by atoms with van der Waals surface area (Å²) >= 11 is 3.10. The zero-order chi connectivity index (χ0) is 7.56. The molecule has 4 heteroatoms. The van der Waals surface area contributed by atoms with Gasteiger partial charge < -0.3 is 14.3 Å². The number of furan rings is 1. The minimum Gasteiger partial charge on any atom is -0.449 e. The molecule has 56 valence electrons. The highest BCUT2D eigenvalue weighted by Crippen LogP contribution is 2.20. The van der Waals surface area contributed by atoms with Crippen molar-refractivity contribution in [3.8, 4) is 0 Å². The lowest BCUT2D eigenvalue weighted by molar-refractivity contribution is -0.0906. The van der Waals surface area contributed by atoms with Crippen LogP contribution in [0.5, 0.6) is 0 Å². The zero-order valence-corrected chi connectivity index (χ0v) is 6.96. The summed E-state index contributed by atoms with van der Waals surface area (Å²) in [5.74, 6) is 0.398. The van der Waals surface area contributed by atoms with E-state index in [0.29, 0.717) is 10.4 Å². The van der Waals surface area contributed by atoms with Gasteiger partial charge in [0.2, 0.25) is 6.29 Å². The Labute approximate surface area is 66.7 Å². The van der Waals surface area contributed by atoms with Crippen LogP contribution in [0.4, 0.5) is 0 Å². The van der Waals surface area contributed by atoms with Crippen LogP contribution >= 0.6 is 15.9 Å². The number of hydrogen-bond acceptors (Lipinski definition) is 3. The Balaban J connectivity index is 2.74. The van der Waals surface area contributed by atoms with Gasteiger partial charge in [0.05, 0.1) is 0 Å². The van der Waals surface area contributed by atoms with E-state index in [0.717, 1.165) is 0 Å². The van der Waals surface area contributed by atoms with Crippen molar-refractivity contribution in [2.45, 2.75) is 6.29 Å². The normalized spacial score (nSPS) is 13.5. The molecule has 1 aromatic heterocycles. The fourth-order valence-corrected chi connectivity index (χ4v) is 0.896. The molecule has 3 nitrogen and oxygen atoms in total. The number of hydrogen-bond donors (Lipinski definition) is 1. The average molecular weight is 207 g/mol. The predicted molar refractivity (Wildman–Crippen MR) is 38.4 cm³/mol. The first-order chi connectivity index (χ1) is 4.74. The van der Waals surface area contributed by atoms with E-state index in [2.05, 4.69) is 20.7 Å². The number of methoxy groups -OCH3 is 1. The zero-order valence-electron chi connectivity index (χ0n) is 5.37. The standard InChI is InChI=1S/C6H7BrO3/c1-9-6(8)4-2-3-5(7)10-4/h2-3,6,8H,1H3. The molecule has 10 heavy (non-hydrogen) atoms. The average Bonchev–Trinajstić information content (AvgIpc) is 2.34. The largest absolute Gasteiger partial charge is 0.449 e. The van der Waals surface area contributed by atoms with Crippen molar-refractivity contribution in [3.05, 3.63) is 22.6 Å². The van der Waals surface area contributed by atoms with Crippen molar-refractivity contribution in [1.29, 1.82) is 0 Å². The minimum atomic E-state index is -0.966. The molecule has 1 heterocycles. The highest BCUT2D eigenvalue weighted by molar-refractivity contribution is 9.10. The van der Waals surface area contributed by atoms with Gasteiger partial charge in [0.15, 0.2) is 10.4 Å². The molecule has 0 bridgehead atoms. The molecule has 0 amide bonds. The lowest BCUT2D eigenvalue weighted by Gasteiger charge is -2.02. The maximum absolute atomic E-state index is 9.01. The molecule has 1 unspecified atom stereocenters. The van der Waals surface area contributed by atoms with Gasteiger partial charge in [-0.15, -0.1) is 0 Å². The van der Waals surface area contributed by atoms with Gasteiger partial charge >= 0.3 is 0 Å². The molecule has 1 atom stereocenters. The summed E-state index contributed by atoms with van der Waals surface area (Å²) in [7, 11) is 1.40. The van der Waals surface area contributed by atoms with Crippen molar-refractivity contribution in [1.82, 2.24) is 0 Å². The van der Waals surface area contributed by atoms with E-state index in [4.69, 9.17) is 9.52 Å². The summed E-state index contributed by atoms with van der Waals surface area (Å²) in [6.07, 6.45) is -0.966. The van der Waals surface area contributed by atoms with Gasteiger partial charge in [0.1, 0.15) is 0 Å². The highest BCUT2D eigenvalue weighted by Gasteiger charge is 2.08. The molecular formula is C6H7BrO3. The van der Waals surface area contributed by atoms with Crippen molar-refractivity contribution < 1.29 is 14.3 Å². The fourth-order valence-electron chi connectivity index (χ4n) is 0.577. The molecule has 0 aromatic carbocycles. The number of aliphatic hydroxyl groups is 1. The van der Waals surface area contributed by atoms with Gasteiger partial charge in [0, 0.05) is 7.11 Å². The van der Waals surface area contributed by atoms with E-state index < -0.39 is 6.29 Å². The second-order valence-electron chi connectivity index (χ2n) is 1.73. The maximum Gasteiger partial charge on any atom is 0.214 e. The molecule has 0 saturated heterocycles. The topological polar surface area (TPSA) is 42.6 Å². The number of aliphatic hydroxyl groups excluding tert-OH is 1. The van der Waals surface area contributed by atoms with Gasteiger partial charge in [-0.3, -0.25) is 0 Å². The Morgan fingerprint density at radius 3 is 2.80 bits per heavy atom. The molecule has 0 aliphatic heterocycles. The Bertz CT molecular complexity index is 209. The van der Waals surface area contributed by atoms with E-state index in [1.54, 1.807) is 12.1 Å². The Kier molecular flexibility index (Phi) is 2.48. The van der Waals surface area contributed by atoms with Gasteiger partial charge in [-0.05, 0) is 28.1 Å². The van der Waals surface area contributed by atoms with E-state index in [1.807, 2.05) is 0 Å². The van der Waals surface area contributed by atoms with E-state index in [-0.39, 0.29) is 0 Å². The first kappa shape index (κ1) is 7.78. The lowest BCUT2D eigenvalue weighted by Crippen LogP contribution is -1.96. The van der Waals surface area contributed by atoms with Crippen molar-refractivity contribution in [3.63, 3.8) is 0 Å². The SMILES string of the molecule is COC(O)c1ccc(Br)o1. The smallest absolute Gasteiger partial charge is 0.214 e. The van der Waals surface area contributed by atoms with Crippen LogP contribution in [0.2, 0.25) is 0 Å². The minimum absolute atomic E-state index is 0.398. The summed E-state index contributed by atoms with van der Waals surface area (Å²) in [4.78, 5) is 0. The molecule has 0 aliphatic carbocycles. The number of rotatable bonds is 2. The summed E-state index contributed by atoms with van der Waals surface area (Å²) in [6, 6.07) is 3.33. The van der Waals surface area contributed by atoms with E-state index in [1.165, 1.54) is 7.11 Å². The molecule has 0 spiro atoms. The Hall–Kier alpha value is -0.320. The van der Waals surface area contributed by atoms with E-state index >= 15 is 0 Å². The van der Waals surface area contributed by atoms with Crippen LogP contribution < -0.4 is 0 Å². The highest BCUT2D eigenvalue weighted by atomic mass is 79.9. The van der Waals surface area contributed by atoms with Crippen LogP contribution in [0.1, 0.15) is 12.1 Å². The molecule has 0 saturated carbocycles. The monoisotopic (exact) mass is 206 g/mol. The fraction of sp³-hybridized carbons (Fsp3) is 0.333. The molecule has 1 N–H and O–H groups in total. The van der Waals surface area contributed by atoms with Crippen LogP contribution in [0.25, 0.3) is 0 Å². The molecular weight excluding hydrogens is 200 g/mol. The number of halogens is 1. The van der Waals surface area contributed by atoms with Crippen LogP contribution in [-0.2, 0) is 4.74 Å². The second kappa shape index (κ2) is 3.18. The molecule has 0 aliphatic rings. The van der Waals surface area contributed by atoms with Gasteiger partial charge in [-0.25, -0.2) is 0 Å². The third-order valence-corrected chi connectivity index (χ3v) is 1.49. The quantitative estimate of drug-likeness (QED) is 0.750. The molecule has 0 radical (unpaired) electrons. The Morgan fingerprint density at radius 2 is 2.40 bits per heavy atom. The maximum atomic E-state index is 9.01. The molecule has 1 aromatic rings. The van der Waals surface area contributed by atoms with Gasteiger partial charge in [0.25, 0.3) is 0 Å². The van der Waals surface area contributed by atoms with Crippen LogP contribution in [0.15, 0.2) is 21.2 Å². The molecule has 1 rings (SSSR count). The van der Waals surface area contributed by atoms with Crippen LogP contribution in [0, 0.1) is 0 Å². The Morgan fingerprint density at radius 1 is 1.70 bits per heavy atom. The summed E-state index contributed by atoms with van der Waals surface area (Å²) in [5.41, 5.74) is 0. The lowest BCUT2D eigenvalue weighted by atomic mass is 10.4. The summed E-state index contributed by atoms with van der Waals surface area (Å²) in [6.45, 7) is 0. The predicted octanol–water partition coefficient (Wildman–Crippen LogP) is 1.68. The third-order valence-electron chi connectivity index (χ3n) is 1.06. The summed E-state index contributed by atoms with van der Waals surface area (Å²) in [5, 5.41) is 9.01. The van der Waals surface area contributed by atoms with Gasteiger partial charge in [-0.2, -0.15) is 0 Å². The van der Waals surface area contributed by atoms with Crippen LogP contribution in [-0.4, -0.2) is 12.2 Å². The number of ether oxygens (including phenoxy) is 1. The first-order valence-electron chi connectivity index (χ1n) is 2.70. The van der Waals surface area contributed by atoms with E-state index in [9.17, 15) is 0 Å². The molecule has 0 fully saturated rings. The van der Waals surface area contributed by atoms with Crippen molar-refractivity contribution in [2.24, 2.45) is 0 Å². The first-order valence-corrected chi connectivity index (χ1v) is 3.49.